The monoisotopic (exact) mass is 255 g/mol. The predicted molar refractivity (Wildman–Crippen MR) is 69.2 cm³/mol. The SMILES string of the molecule is O=C(CCC1CCCCO1)N1CCCC(CO)C1. The molecule has 2 heterocycles. The summed E-state index contributed by atoms with van der Waals surface area (Å²) < 4.78 is 5.65. The van der Waals surface area contributed by atoms with E-state index in [-0.39, 0.29) is 18.4 Å². The molecule has 0 aromatic carbocycles. The first kappa shape index (κ1) is 13.8. The molecule has 0 spiro atoms. The first-order valence-corrected chi connectivity index (χ1v) is 7.30. The van der Waals surface area contributed by atoms with Crippen molar-refractivity contribution >= 4 is 5.91 Å². The molecular weight excluding hydrogens is 230 g/mol. The van der Waals surface area contributed by atoms with Gasteiger partial charge in [-0.2, -0.15) is 0 Å². The minimum absolute atomic E-state index is 0.204. The highest BCUT2D eigenvalue weighted by Gasteiger charge is 2.24. The number of likely N-dealkylation sites (tertiary alicyclic amines) is 1. The quantitative estimate of drug-likeness (QED) is 0.829. The van der Waals surface area contributed by atoms with Gasteiger partial charge in [-0.1, -0.05) is 0 Å². The van der Waals surface area contributed by atoms with Gasteiger partial charge < -0.3 is 14.7 Å². The van der Waals surface area contributed by atoms with Crippen molar-refractivity contribution in [1.82, 2.24) is 4.90 Å². The van der Waals surface area contributed by atoms with Crippen molar-refractivity contribution in [1.29, 1.82) is 0 Å². The summed E-state index contributed by atoms with van der Waals surface area (Å²) in [6, 6.07) is 0. The van der Waals surface area contributed by atoms with E-state index in [2.05, 4.69) is 0 Å². The van der Waals surface area contributed by atoms with Gasteiger partial charge in [0.05, 0.1) is 6.10 Å². The van der Waals surface area contributed by atoms with Gasteiger partial charge in [-0.15, -0.1) is 0 Å². The molecule has 0 aromatic heterocycles. The molecule has 2 aliphatic heterocycles. The summed E-state index contributed by atoms with van der Waals surface area (Å²) in [4.78, 5) is 14.0. The third-order valence-corrected chi connectivity index (χ3v) is 4.08. The molecule has 2 saturated heterocycles. The van der Waals surface area contributed by atoms with E-state index in [0.29, 0.717) is 12.5 Å². The van der Waals surface area contributed by atoms with Crippen molar-refractivity contribution in [2.24, 2.45) is 5.92 Å². The molecule has 2 unspecified atom stereocenters. The van der Waals surface area contributed by atoms with Crippen LogP contribution in [-0.2, 0) is 9.53 Å². The van der Waals surface area contributed by atoms with E-state index in [1.807, 2.05) is 4.90 Å². The van der Waals surface area contributed by atoms with Crippen LogP contribution in [0.3, 0.4) is 0 Å². The number of rotatable bonds is 4. The third-order valence-electron chi connectivity index (χ3n) is 4.08. The zero-order valence-electron chi connectivity index (χ0n) is 11.1. The maximum absolute atomic E-state index is 12.1. The number of piperidine rings is 1. The molecule has 18 heavy (non-hydrogen) atoms. The summed E-state index contributed by atoms with van der Waals surface area (Å²) >= 11 is 0. The smallest absolute Gasteiger partial charge is 0.222 e. The molecule has 2 aliphatic rings. The van der Waals surface area contributed by atoms with Crippen molar-refractivity contribution in [3.05, 3.63) is 0 Å². The molecule has 4 heteroatoms. The van der Waals surface area contributed by atoms with Gasteiger partial charge in [0.1, 0.15) is 0 Å². The number of nitrogens with zero attached hydrogens (tertiary/aromatic N) is 1. The lowest BCUT2D eigenvalue weighted by molar-refractivity contribution is -0.134. The first-order chi connectivity index (χ1) is 8.79. The third kappa shape index (κ3) is 3.95. The molecule has 0 aromatic rings. The molecule has 2 fully saturated rings. The molecule has 2 atom stereocenters. The molecule has 0 aliphatic carbocycles. The fourth-order valence-electron chi connectivity index (χ4n) is 2.92. The number of ether oxygens (including phenoxy) is 1. The van der Waals surface area contributed by atoms with E-state index in [4.69, 9.17) is 9.84 Å². The van der Waals surface area contributed by atoms with Gasteiger partial charge in [-0.25, -0.2) is 0 Å². The van der Waals surface area contributed by atoms with Gasteiger partial charge >= 0.3 is 0 Å². The van der Waals surface area contributed by atoms with E-state index in [9.17, 15) is 4.79 Å². The second-order valence-electron chi connectivity index (χ2n) is 5.56. The molecule has 1 N–H and O–H groups in total. The largest absolute Gasteiger partial charge is 0.396 e. The minimum Gasteiger partial charge on any atom is -0.396 e. The predicted octanol–water partition coefficient (Wildman–Crippen LogP) is 1.57. The molecule has 104 valence electrons. The maximum Gasteiger partial charge on any atom is 0.222 e. The van der Waals surface area contributed by atoms with E-state index in [1.54, 1.807) is 0 Å². The van der Waals surface area contributed by atoms with Crippen LogP contribution in [0, 0.1) is 5.92 Å². The van der Waals surface area contributed by atoms with E-state index in [1.165, 1.54) is 6.42 Å². The Morgan fingerprint density at radius 2 is 2.17 bits per heavy atom. The van der Waals surface area contributed by atoms with Crippen molar-refractivity contribution in [2.45, 2.75) is 51.0 Å². The van der Waals surface area contributed by atoms with Crippen LogP contribution < -0.4 is 0 Å². The van der Waals surface area contributed by atoms with Crippen LogP contribution in [0.25, 0.3) is 0 Å². The Kier molecular flexibility index (Phi) is 5.45. The lowest BCUT2D eigenvalue weighted by atomic mass is 9.98. The van der Waals surface area contributed by atoms with Crippen LogP contribution in [0.2, 0.25) is 0 Å². The highest BCUT2D eigenvalue weighted by Crippen LogP contribution is 2.20. The Morgan fingerprint density at radius 1 is 1.28 bits per heavy atom. The second-order valence-corrected chi connectivity index (χ2v) is 5.56. The van der Waals surface area contributed by atoms with Gasteiger partial charge in [0, 0.05) is 32.7 Å². The summed E-state index contributed by atoms with van der Waals surface area (Å²) in [6.45, 7) is 2.66. The average Bonchev–Trinajstić information content (AvgIpc) is 2.46. The first-order valence-electron chi connectivity index (χ1n) is 7.30. The molecule has 0 radical (unpaired) electrons. The normalized spacial score (nSPS) is 29.3. The van der Waals surface area contributed by atoms with Crippen LogP contribution in [0.15, 0.2) is 0 Å². The van der Waals surface area contributed by atoms with Crippen LogP contribution >= 0.6 is 0 Å². The van der Waals surface area contributed by atoms with Gasteiger partial charge in [0.2, 0.25) is 5.91 Å². The molecule has 0 saturated carbocycles. The zero-order chi connectivity index (χ0) is 12.8. The summed E-state index contributed by atoms with van der Waals surface area (Å²) in [5.74, 6) is 0.524. The van der Waals surface area contributed by atoms with Crippen molar-refractivity contribution in [3.8, 4) is 0 Å². The van der Waals surface area contributed by atoms with Crippen LogP contribution in [0.1, 0.15) is 44.9 Å². The molecule has 0 bridgehead atoms. The fraction of sp³-hybridized carbons (Fsp3) is 0.929. The number of amides is 1. The Bertz CT molecular complexity index is 264. The maximum atomic E-state index is 12.1. The lowest BCUT2D eigenvalue weighted by Crippen LogP contribution is -2.41. The summed E-state index contributed by atoms with van der Waals surface area (Å²) in [7, 11) is 0. The number of hydrogen-bond donors (Lipinski definition) is 1. The van der Waals surface area contributed by atoms with Gasteiger partial charge in [-0.05, 0) is 44.4 Å². The molecule has 4 nitrogen and oxygen atoms in total. The average molecular weight is 255 g/mol. The standard InChI is InChI=1S/C14H25NO3/c16-11-12-4-3-8-15(10-12)14(17)7-6-13-5-1-2-9-18-13/h12-13,16H,1-11H2. The molecular formula is C14H25NO3. The fourth-order valence-corrected chi connectivity index (χ4v) is 2.92. The highest BCUT2D eigenvalue weighted by atomic mass is 16.5. The topological polar surface area (TPSA) is 49.8 Å². The minimum atomic E-state index is 0.204. The Balaban J connectivity index is 1.70. The van der Waals surface area contributed by atoms with Crippen molar-refractivity contribution in [3.63, 3.8) is 0 Å². The Morgan fingerprint density at radius 3 is 2.89 bits per heavy atom. The van der Waals surface area contributed by atoms with Crippen LogP contribution in [0.4, 0.5) is 0 Å². The van der Waals surface area contributed by atoms with Crippen molar-refractivity contribution < 1.29 is 14.6 Å². The summed E-state index contributed by atoms with van der Waals surface area (Å²) in [6.07, 6.45) is 7.32. The van der Waals surface area contributed by atoms with Gasteiger partial charge in [0.25, 0.3) is 0 Å². The number of aliphatic hydroxyl groups excluding tert-OH is 1. The summed E-state index contributed by atoms with van der Waals surface area (Å²) in [5.41, 5.74) is 0. The van der Waals surface area contributed by atoms with E-state index >= 15 is 0 Å². The number of carbonyl (C=O) groups is 1. The summed E-state index contributed by atoms with van der Waals surface area (Å²) in [5, 5.41) is 9.17. The number of hydrogen-bond acceptors (Lipinski definition) is 3. The van der Waals surface area contributed by atoms with Crippen LogP contribution in [0.5, 0.6) is 0 Å². The van der Waals surface area contributed by atoms with E-state index < -0.39 is 0 Å². The highest BCUT2D eigenvalue weighted by molar-refractivity contribution is 5.76. The van der Waals surface area contributed by atoms with Gasteiger partial charge in [-0.3, -0.25) is 4.79 Å². The Labute approximate surface area is 109 Å². The second kappa shape index (κ2) is 7.10. The van der Waals surface area contributed by atoms with Crippen LogP contribution in [-0.4, -0.2) is 48.3 Å². The molecule has 1 amide bonds. The lowest BCUT2D eigenvalue weighted by Gasteiger charge is -2.32. The van der Waals surface area contributed by atoms with Crippen molar-refractivity contribution in [2.75, 3.05) is 26.3 Å². The number of carbonyl (C=O) groups excluding carboxylic acids is 1. The van der Waals surface area contributed by atoms with Gasteiger partial charge in [0.15, 0.2) is 0 Å². The van der Waals surface area contributed by atoms with E-state index in [0.717, 1.165) is 51.8 Å². The Hall–Kier alpha value is -0.610. The zero-order valence-corrected chi connectivity index (χ0v) is 11.1. The molecule has 2 rings (SSSR count). The number of aliphatic hydroxyl groups is 1.